The molecule has 3 aromatic rings. The molecule has 1 aliphatic rings. The molecule has 0 radical (unpaired) electrons. The molecule has 0 bridgehead atoms. The average molecular weight is 517 g/mol. The van der Waals surface area contributed by atoms with Crippen molar-refractivity contribution in [2.24, 2.45) is 18.2 Å². The van der Waals surface area contributed by atoms with Crippen LogP contribution in [0.1, 0.15) is 93.9 Å². The van der Waals surface area contributed by atoms with Crippen molar-refractivity contribution in [3.05, 3.63) is 31.0 Å². The number of aryl methyl sites for hydroxylation is 1. The van der Waals surface area contributed by atoms with E-state index >= 15 is 0 Å². The Hall–Kier alpha value is -3.23. The van der Waals surface area contributed by atoms with Gasteiger partial charge in [-0.2, -0.15) is 5.10 Å². The number of esters is 1. The number of amides is 1. The van der Waals surface area contributed by atoms with E-state index in [0.717, 1.165) is 22.3 Å². The van der Waals surface area contributed by atoms with Crippen LogP contribution in [0.2, 0.25) is 0 Å². The molecule has 0 saturated heterocycles. The molecule has 0 atom stereocenters. The highest BCUT2D eigenvalue weighted by atomic mass is 16.5. The Morgan fingerprint density at radius 3 is 2.00 bits per heavy atom. The Balaban J connectivity index is 0.000000765. The van der Waals surface area contributed by atoms with Crippen molar-refractivity contribution in [3.63, 3.8) is 0 Å². The summed E-state index contributed by atoms with van der Waals surface area (Å²) in [5.41, 5.74) is 6.58. The summed E-state index contributed by atoms with van der Waals surface area (Å²) in [6, 6.07) is 1.92. The van der Waals surface area contributed by atoms with E-state index in [2.05, 4.69) is 20.8 Å². The van der Waals surface area contributed by atoms with Gasteiger partial charge in [0.05, 0.1) is 17.3 Å². The van der Waals surface area contributed by atoms with Crippen LogP contribution < -0.4 is 5.73 Å². The number of primary amides is 1. The molecule has 1 fully saturated rings. The highest BCUT2D eigenvalue weighted by molar-refractivity contribution is 5.90. The van der Waals surface area contributed by atoms with Crippen molar-refractivity contribution in [1.82, 2.24) is 24.3 Å². The standard InChI is InChI=1S/C16H19N5O2.C5H10.C3H7NO.2C2H6/c1-16(2,3)15(22)23-10-21-6-5-12-13(17-9-18-14(12)21)11-7-19-20(4)8-11;1-2-4-5-3-1;1-2-3(4)5;2*1-2/h5-9H,10H2,1-4H3;1-5H2;2H2,1H3,(H2,4,5);2*1-2H3. The third kappa shape index (κ3) is 12.0. The highest BCUT2D eigenvalue weighted by Crippen LogP contribution is 2.26. The number of carbonyl (C=O) groups excluding carboxylic acids is 2. The fraction of sp³-hybridized carbons (Fsp3) is 0.607. The summed E-state index contributed by atoms with van der Waals surface area (Å²) in [5.74, 6) is -0.495. The van der Waals surface area contributed by atoms with Crippen LogP contribution in [0.25, 0.3) is 22.3 Å². The monoisotopic (exact) mass is 516 g/mol. The molecule has 9 heteroatoms. The van der Waals surface area contributed by atoms with Crippen molar-refractivity contribution in [3.8, 4) is 11.3 Å². The van der Waals surface area contributed by atoms with Crippen LogP contribution in [0.3, 0.4) is 0 Å². The van der Waals surface area contributed by atoms with E-state index in [-0.39, 0.29) is 18.6 Å². The van der Waals surface area contributed by atoms with Gasteiger partial charge in [0.25, 0.3) is 0 Å². The predicted octanol–water partition coefficient (Wildman–Crippen LogP) is 6.26. The Bertz CT molecular complexity index is 1040. The van der Waals surface area contributed by atoms with Crippen molar-refractivity contribution in [2.45, 2.75) is 101 Å². The van der Waals surface area contributed by atoms with Gasteiger partial charge in [0.1, 0.15) is 12.0 Å². The second kappa shape index (κ2) is 18.1. The minimum atomic E-state index is -0.529. The number of nitrogens with zero attached hydrogens (tertiary/aromatic N) is 5. The maximum atomic E-state index is 11.9. The minimum absolute atomic E-state index is 0.128. The maximum Gasteiger partial charge on any atom is 0.312 e. The fourth-order valence-corrected chi connectivity index (χ4v) is 3.11. The van der Waals surface area contributed by atoms with Crippen LogP contribution >= 0.6 is 0 Å². The quantitative estimate of drug-likeness (QED) is 0.409. The molecular formula is C28H48N6O3. The molecule has 0 unspecified atom stereocenters. The van der Waals surface area contributed by atoms with Gasteiger partial charge in [-0.15, -0.1) is 0 Å². The lowest BCUT2D eigenvalue weighted by Gasteiger charge is -2.17. The molecular weight excluding hydrogens is 468 g/mol. The van der Waals surface area contributed by atoms with E-state index in [1.165, 1.54) is 38.4 Å². The number of hydrogen-bond acceptors (Lipinski definition) is 6. The van der Waals surface area contributed by atoms with Gasteiger partial charge in [0.15, 0.2) is 6.73 Å². The molecule has 0 aromatic carbocycles. The largest absolute Gasteiger partial charge is 0.443 e. The topological polar surface area (TPSA) is 118 Å². The molecule has 9 nitrogen and oxygen atoms in total. The maximum absolute atomic E-state index is 11.9. The Kier molecular flexibility index (Phi) is 16.5. The van der Waals surface area contributed by atoms with E-state index < -0.39 is 5.41 Å². The van der Waals surface area contributed by atoms with Gasteiger partial charge in [-0.1, -0.05) is 66.7 Å². The number of nitrogens with two attached hydrogens (primary N) is 1. The molecule has 3 aromatic heterocycles. The summed E-state index contributed by atoms with van der Waals surface area (Å²) in [6.45, 7) is 15.3. The number of aromatic nitrogens is 5. The van der Waals surface area contributed by atoms with Crippen molar-refractivity contribution in [2.75, 3.05) is 0 Å². The molecule has 1 aliphatic carbocycles. The van der Waals surface area contributed by atoms with E-state index in [0.29, 0.717) is 6.42 Å². The van der Waals surface area contributed by atoms with Gasteiger partial charge >= 0.3 is 5.97 Å². The third-order valence-electron chi connectivity index (χ3n) is 5.08. The second-order valence-corrected chi connectivity index (χ2v) is 9.05. The normalized spacial score (nSPS) is 11.9. The Morgan fingerprint density at radius 2 is 1.57 bits per heavy atom. The number of hydrogen-bond donors (Lipinski definition) is 1. The lowest BCUT2D eigenvalue weighted by Crippen LogP contribution is -2.23. The summed E-state index contributed by atoms with van der Waals surface area (Å²) in [6.07, 6.45) is 15.0. The van der Waals surface area contributed by atoms with Crippen molar-refractivity contribution >= 4 is 22.9 Å². The first kappa shape index (κ1) is 33.8. The Labute approximate surface area is 222 Å². The minimum Gasteiger partial charge on any atom is -0.443 e. The van der Waals surface area contributed by atoms with Gasteiger partial charge in [0.2, 0.25) is 5.91 Å². The lowest BCUT2D eigenvalue weighted by molar-refractivity contribution is -0.156. The molecule has 3 heterocycles. The van der Waals surface area contributed by atoms with Gasteiger partial charge in [-0.25, -0.2) is 9.97 Å². The predicted molar refractivity (Wildman–Crippen MR) is 151 cm³/mol. The number of carbonyl (C=O) groups is 2. The highest BCUT2D eigenvalue weighted by Gasteiger charge is 2.23. The van der Waals surface area contributed by atoms with Crippen LogP contribution in [0, 0.1) is 5.41 Å². The van der Waals surface area contributed by atoms with Gasteiger partial charge in [-0.05, 0) is 26.8 Å². The number of rotatable bonds is 4. The third-order valence-corrected chi connectivity index (χ3v) is 5.08. The molecule has 0 spiro atoms. The van der Waals surface area contributed by atoms with Crippen LogP contribution in [0.15, 0.2) is 31.0 Å². The van der Waals surface area contributed by atoms with Crippen LogP contribution in [-0.2, 0) is 28.1 Å². The van der Waals surface area contributed by atoms with Crippen LogP contribution in [-0.4, -0.2) is 36.2 Å². The zero-order valence-corrected chi connectivity index (χ0v) is 24.4. The summed E-state index contributed by atoms with van der Waals surface area (Å²) in [5, 5.41) is 5.07. The molecule has 1 saturated carbocycles. The van der Waals surface area contributed by atoms with E-state index in [4.69, 9.17) is 4.74 Å². The van der Waals surface area contributed by atoms with Gasteiger partial charge in [-0.3, -0.25) is 18.8 Å². The van der Waals surface area contributed by atoms with Crippen LogP contribution in [0.4, 0.5) is 0 Å². The second-order valence-electron chi connectivity index (χ2n) is 9.05. The first-order valence-electron chi connectivity index (χ1n) is 13.4. The zero-order chi connectivity index (χ0) is 28.4. The molecule has 1 amide bonds. The smallest absolute Gasteiger partial charge is 0.312 e. The molecule has 0 aliphatic heterocycles. The average Bonchev–Trinajstić information content (AvgIpc) is 3.68. The zero-order valence-electron chi connectivity index (χ0n) is 24.4. The molecule has 208 valence electrons. The summed E-state index contributed by atoms with van der Waals surface area (Å²) < 4.78 is 8.88. The molecule has 4 rings (SSSR count). The molecule has 37 heavy (non-hydrogen) atoms. The fourth-order valence-electron chi connectivity index (χ4n) is 3.11. The number of fused-ring (bicyclic) bond motifs is 1. The van der Waals surface area contributed by atoms with Crippen molar-refractivity contribution < 1.29 is 14.3 Å². The van der Waals surface area contributed by atoms with Crippen molar-refractivity contribution in [1.29, 1.82) is 0 Å². The summed E-state index contributed by atoms with van der Waals surface area (Å²) in [7, 11) is 1.86. The van der Waals surface area contributed by atoms with Crippen LogP contribution in [0.5, 0.6) is 0 Å². The van der Waals surface area contributed by atoms with E-state index in [1.807, 2.05) is 74.0 Å². The molecule has 2 N–H and O–H groups in total. The van der Waals surface area contributed by atoms with E-state index in [9.17, 15) is 9.59 Å². The number of ether oxygens (including phenoxy) is 1. The summed E-state index contributed by atoms with van der Waals surface area (Å²) in [4.78, 5) is 30.2. The Morgan fingerprint density at radius 1 is 1.03 bits per heavy atom. The first-order chi connectivity index (χ1) is 17.6. The van der Waals surface area contributed by atoms with E-state index in [1.54, 1.807) is 22.4 Å². The lowest BCUT2D eigenvalue weighted by atomic mass is 9.98. The van der Waals surface area contributed by atoms with Gasteiger partial charge in [0, 0.05) is 36.8 Å². The SMILES string of the molecule is C1CCCC1.CC.CC.CCC(N)=O.Cn1cc(-c2ncnc3c2ccn3COC(=O)C(C)(C)C)cn1. The van der Waals surface area contributed by atoms with Gasteiger partial charge < -0.3 is 10.5 Å². The first-order valence-corrected chi connectivity index (χ1v) is 13.4. The summed E-state index contributed by atoms with van der Waals surface area (Å²) >= 11 is 0.